The number of halogens is 3. The maximum atomic E-state index is 12.1. The van der Waals surface area contributed by atoms with Crippen LogP contribution in [0.1, 0.15) is 11.1 Å². The van der Waals surface area contributed by atoms with Crippen LogP contribution in [0.4, 0.5) is 18.9 Å². The van der Waals surface area contributed by atoms with Crippen LogP contribution in [-0.2, 0) is 24.3 Å². The molecule has 0 saturated heterocycles. The van der Waals surface area contributed by atoms with Gasteiger partial charge in [0.25, 0.3) is 5.91 Å². The standard InChI is InChI=1S/C20H19F3N2O6S/c1-14-2-4-15(5-3-14)10-11-32(28,29)24-12-19(27)30-13-18(26)25-16-6-8-17(9-7-16)31-20(21,22)23/h2-11,24H,12-13H2,1H3,(H,25,26)/b11-10+. The van der Waals surface area contributed by atoms with E-state index in [4.69, 9.17) is 0 Å². The lowest BCUT2D eigenvalue weighted by Gasteiger charge is -2.10. The Labute approximate surface area is 182 Å². The predicted octanol–water partition coefficient (Wildman–Crippen LogP) is 2.97. The molecular formula is C20H19F3N2O6S. The lowest BCUT2D eigenvalue weighted by molar-refractivity contribution is -0.274. The van der Waals surface area contributed by atoms with Crippen LogP contribution in [0, 0.1) is 6.92 Å². The summed E-state index contributed by atoms with van der Waals surface area (Å²) < 4.78 is 70.5. The molecule has 12 heteroatoms. The van der Waals surface area contributed by atoms with Crippen LogP contribution in [0.2, 0.25) is 0 Å². The van der Waals surface area contributed by atoms with Crippen molar-refractivity contribution < 1.29 is 40.7 Å². The Morgan fingerprint density at radius 1 is 1.03 bits per heavy atom. The number of benzene rings is 2. The van der Waals surface area contributed by atoms with E-state index in [9.17, 15) is 31.2 Å². The molecule has 0 saturated carbocycles. The van der Waals surface area contributed by atoms with E-state index in [0.717, 1.165) is 35.2 Å². The predicted molar refractivity (Wildman–Crippen MR) is 110 cm³/mol. The molecule has 0 aliphatic carbocycles. The van der Waals surface area contributed by atoms with Crippen LogP contribution in [0.15, 0.2) is 53.9 Å². The summed E-state index contributed by atoms with van der Waals surface area (Å²) in [4.78, 5) is 23.4. The second-order valence-corrected chi connectivity index (χ2v) is 8.01. The van der Waals surface area contributed by atoms with Crippen molar-refractivity contribution in [1.82, 2.24) is 4.72 Å². The number of carbonyl (C=O) groups excluding carboxylic acids is 2. The molecule has 0 aliphatic rings. The van der Waals surface area contributed by atoms with Crippen molar-refractivity contribution in [3.63, 3.8) is 0 Å². The third kappa shape index (κ3) is 9.62. The average molecular weight is 472 g/mol. The highest BCUT2D eigenvalue weighted by Crippen LogP contribution is 2.23. The van der Waals surface area contributed by atoms with E-state index >= 15 is 0 Å². The number of anilines is 1. The van der Waals surface area contributed by atoms with Crippen molar-refractivity contribution in [1.29, 1.82) is 0 Å². The molecule has 0 aliphatic heterocycles. The summed E-state index contributed by atoms with van der Waals surface area (Å²) in [5, 5.41) is 3.19. The van der Waals surface area contributed by atoms with E-state index in [1.54, 1.807) is 12.1 Å². The Balaban J connectivity index is 1.75. The summed E-state index contributed by atoms with van der Waals surface area (Å²) in [6.45, 7) is 0.471. The molecule has 1 amide bonds. The first kappa shape index (κ1) is 24.9. The summed E-state index contributed by atoms with van der Waals surface area (Å²) in [7, 11) is -3.91. The molecule has 0 unspecified atom stereocenters. The summed E-state index contributed by atoms with van der Waals surface area (Å²) >= 11 is 0. The number of esters is 1. The van der Waals surface area contributed by atoms with Crippen molar-refractivity contribution in [2.45, 2.75) is 13.3 Å². The third-order valence-corrected chi connectivity index (χ3v) is 4.71. The largest absolute Gasteiger partial charge is 0.573 e. The summed E-state index contributed by atoms with van der Waals surface area (Å²) in [6.07, 6.45) is -3.48. The average Bonchev–Trinajstić information content (AvgIpc) is 2.71. The minimum Gasteiger partial charge on any atom is -0.455 e. The molecule has 0 atom stereocenters. The number of carbonyl (C=O) groups is 2. The topological polar surface area (TPSA) is 111 Å². The van der Waals surface area contributed by atoms with Crippen LogP contribution in [0.5, 0.6) is 5.75 Å². The Kier molecular flexibility index (Phi) is 8.38. The van der Waals surface area contributed by atoms with Crippen LogP contribution in [0.3, 0.4) is 0 Å². The molecule has 0 bridgehead atoms. The zero-order chi connectivity index (χ0) is 23.8. The highest BCUT2D eigenvalue weighted by molar-refractivity contribution is 7.92. The molecule has 172 valence electrons. The van der Waals surface area contributed by atoms with Gasteiger partial charge in [0.1, 0.15) is 12.3 Å². The van der Waals surface area contributed by atoms with Crippen molar-refractivity contribution in [3.05, 3.63) is 65.1 Å². The van der Waals surface area contributed by atoms with Crippen LogP contribution < -0.4 is 14.8 Å². The monoisotopic (exact) mass is 472 g/mol. The summed E-state index contributed by atoms with van der Waals surface area (Å²) in [5.41, 5.74) is 1.81. The smallest absolute Gasteiger partial charge is 0.455 e. The van der Waals surface area contributed by atoms with E-state index < -0.39 is 47.2 Å². The van der Waals surface area contributed by atoms with Gasteiger partial charge < -0.3 is 14.8 Å². The molecule has 0 heterocycles. The minimum atomic E-state index is -4.84. The molecule has 0 spiro atoms. The highest BCUT2D eigenvalue weighted by Gasteiger charge is 2.30. The van der Waals surface area contributed by atoms with E-state index in [1.165, 1.54) is 6.08 Å². The molecule has 32 heavy (non-hydrogen) atoms. The Morgan fingerprint density at radius 2 is 1.66 bits per heavy atom. The number of amides is 1. The summed E-state index contributed by atoms with van der Waals surface area (Å²) in [6, 6.07) is 11.4. The quantitative estimate of drug-likeness (QED) is 0.543. The highest BCUT2D eigenvalue weighted by atomic mass is 32.2. The van der Waals surface area contributed by atoms with Gasteiger partial charge >= 0.3 is 12.3 Å². The van der Waals surface area contributed by atoms with Crippen LogP contribution in [-0.4, -0.2) is 39.8 Å². The third-order valence-electron chi connectivity index (χ3n) is 3.67. The first-order valence-corrected chi connectivity index (χ1v) is 10.5. The van der Waals surface area contributed by atoms with Gasteiger partial charge in [0.15, 0.2) is 6.61 Å². The molecule has 0 fully saturated rings. The van der Waals surface area contributed by atoms with Crippen molar-refractivity contribution in [3.8, 4) is 5.75 Å². The van der Waals surface area contributed by atoms with Gasteiger partial charge in [0.05, 0.1) is 0 Å². The van der Waals surface area contributed by atoms with Gasteiger partial charge in [-0.2, -0.15) is 0 Å². The first-order chi connectivity index (χ1) is 14.9. The number of ether oxygens (including phenoxy) is 2. The van der Waals surface area contributed by atoms with Gasteiger partial charge in [0.2, 0.25) is 10.0 Å². The SMILES string of the molecule is Cc1ccc(/C=C/S(=O)(=O)NCC(=O)OCC(=O)Nc2ccc(OC(F)(F)F)cc2)cc1. The fourth-order valence-electron chi connectivity index (χ4n) is 2.19. The number of hydrogen-bond donors (Lipinski definition) is 2. The fraction of sp³-hybridized carbons (Fsp3) is 0.200. The number of rotatable bonds is 9. The zero-order valence-electron chi connectivity index (χ0n) is 16.7. The van der Waals surface area contributed by atoms with Gasteiger partial charge in [-0.15, -0.1) is 13.2 Å². The Morgan fingerprint density at radius 3 is 2.25 bits per heavy atom. The molecule has 2 rings (SSSR count). The zero-order valence-corrected chi connectivity index (χ0v) is 17.5. The minimum absolute atomic E-state index is 0.141. The first-order valence-electron chi connectivity index (χ1n) is 8.97. The number of aryl methyl sites for hydroxylation is 1. The second-order valence-electron chi connectivity index (χ2n) is 6.36. The molecule has 8 nitrogen and oxygen atoms in total. The Hall–Kier alpha value is -3.38. The van der Waals surface area contributed by atoms with Crippen LogP contribution >= 0.6 is 0 Å². The number of alkyl halides is 3. The second kappa shape index (κ2) is 10.8. The van der Waals surface area contributed by atoms with Gasteiger partial charge in [-0.1, -0.05) is 29.8 Å². The van der Waals surface area contributed by atoms with Crippen molar-refractivity contribution in [2.24, 2.45) is 0 Å². The maximum Gasteiger partial charge on any atom is 0.573 e. The van der Waals surface area contributed by atoms with Gasteiger partial charge in [-0.25, -0.2) is 13.1 Å². The van der Waals surface area contributed by atoms with E-state index in [2.05, 4.69) is 14.8 Å². The van der Waals surface area contributed by atoms with Crippen molar-refractivity contribution in [2.75, 3.05) is 18.5 Å². The van der Waals surface area contributed by atoms with Gasteiger partial charge in [-0.05, 0) is 42.8 Å². The summed E-state index contributed by atoms with van der Waals surface area (Å²) in [5.74, 6) is -2.24. The molecule has 2 N–H and O–H groups in total. The maximum absolute atomic E-state index is 12.1. The van der Waals surface area contributed by atoms with Gasteiger partial charge in [-0.3, -0.25) is 9.59 Å². The number of sulfonamides is 1. The molecular weight excluding hydrogens is 453 g/mol. The normalized spacial score (nSPS) is 11.9. The molecule has 0 radical (unpaired) electrons. The van der Waals surface area contributed by atoms with E-state index in [-0.39, 0.29) is 5.69 Å². The van der Waals surface area contributed by atoms with Gasteiger partial charge in [0, 0.05) is 11.1 Å². The molecule has 2 aromatic rings. The van der Waals surface area contributed by atoms with E-state index in [0.29, 0.717) is 5.56 Å². The fourth-order valence-corrected chi connectivity index (χ4v) is 2.94. The van der Waals surface area contributed by atoms with Crippen molar-refractivity contribution >= 4 is 33.7 Å². The Bertz CT molecular complexity index is 1070. The molecule has 0 aromatic heterocycles. The number of nitrogens with one attached hydrogen (secondary N) is 2. The lowest BCUT2D eigenvalue weighted by atomic mass is 10.2. The lowest BCUT2D eigenvalue weighted by Crippen LogP contribution is -2.31. The van der Waals surface area contributed by atoms with E-state index in [1.807, 2.05) is 23.8 Å². The molecule has 2 aromatic carbocycles. The van der Waals surface area contributed by atoms with Crippen LogP contribution in [0.25, 0.3) is 6.08 Å². The number of hydrogen-bond acceptors (Lipinski definition) is 6.